The van der Waals surface area contributed by atoms with Crippen molar-refractivity contribution in [3.05, 3.63) is 71.3 Å². The summed E-state index contributed by atoms with van der Waals surface area (Å²) in [6, 6.07) is 13.3. The molecule has 1 heterocycles. The van der Waals surface area contributed by atoms with Gasteiger partial charge >= 0.3 is 0 Å². The highest BCUT2D eigenvalue weighted by Crippen LogP contribution is 2.25. The molecule has 6 nitrogen and oxygen atoms in total. The van der Waals surface area contributed by atoms with Crippen LogP contribution in [0.1, 0.15) is 41.1 Å². The van der Waals surface area contributed by atoms with Crippen molar-refractivity contribution < 1.29 is 9.18 Å². The van der Waals surface area contributed by atoms with Crippen LogP contribution in [0.5, 0.6) is 0 Å². The van der Waals surface area contributed by atoms with Crippen molar-refractivity contribution in [2.45, 2.75) is 26.3 Å². The standard InChI is InChI=1S/C19H20FN5O/c1-4-18(14-5-9-16(20)10-6-14)24(3)19(26)15-7-11-17(12-8-15)25-13(2)21-22-23-25/h5-12,18H,4H2,1-3H3. The van der Waals surface area contributed by atoms with Crippen LogP contribution in [0, 0.1) is 12.7 Å². The van der Waals surface area contributed by atoms with Crippen LogP contribution in [0.3, 0.4) is 0 Å². The Morgan fingerprint density at radius 3 is 2.35 bits per heavy atom. The molecule has 0 aliphatic carbocycles. The molecule has 0 saturated carbocycles. The molecule has 0 N–H and O–H groups in total. The molecule has 0 saturated heterocycles. The fourth-order valence-corrected chi connectivity index (χ4v) is 2.98. The van der Waals surface area contributed by atoms with Gasteiger partial charge < -0.3 is 4.90 Å². The van der Waals surface area contributed by atoms with Crippen molar-refractivity contribution in [1.29, 1.82) is 0 Å². The van der Waals surface area contributed by atoms with E-state index >= 15 is 0 Å². The number of hydrogen-bond donors (Lipinski definition) is 0. The molecule has 3 aromatic rings. The average molecular weight is 353 g/mol. The first-order valence-corrected chi connectivity index (χ1v) is 8.39. The van der Waals surface area contributed by atoms with E-state index in [1.807, 2.05) is 19.1 Å². The van der Waals surface area contributed by atoms with E-state index in [9.17, 15) is 9.18 Å². The molecule has 1 amide bonds. The molecule has 0 aliphatic rings. The number of hydrogen-bond acceptors (Lipinski definition) is 4. The number of amides is 1. The van der Waals surface area contributed by atoms with Gasteiger partial charge in [0, 0.05) is 12.6 Å². The molecular weight excluding hydrogens is 333 g/mol. The minimum absolute atomic E-state index is 0.0961. The Labute approximate surface area is 151 Å². The molecule has 1 unspecified atom stereocenters. The topological polar surface area (TPSA) is 63.9 Å². The fourth-order valence-electron chi connectivity index (χ4n) is 2.98. The normalized spacial score (nSPS) is 12.0. The molecule has 3 rings (SSSR count). The lowest BCUT2D eigenvalue weighted by atomic mass is 10.0. The largest absolute Gasteiger partial charge is 0.335 e. The van der Waals surface area contributed by atoms with Crippen molar-refractivity contribution in [2.24, 2.45) is 0 Å². The van der Waals surface area contributed by atoms with E-state index in [-0.39, 0.29) is 17.8 Å². The van der Waals surface area contributed by atoms with Gasteiger partial charge in [0.15, 0.2) is 5.82 Å². The summed E-state index contributed by atoms with van der Waals surface area (Å²) in [6.45, 7) is 3.81. The second-order valence-electron chi connectivity index (χ2n) is 6.08. The quantitative estimate of drug-likeness (QED) is 0.706. The highest BCUT2D eigenvalue weighted by molar-refractivity contribution is 5.94. The molecule has 7 heteroatoms. The average Bonchev–Trinajstić information content (AvgIpc) is 3.09. The van der Waals surface area contributed by atoms with Crippen molar-refractivity contribution in [1.82, 2.24) is 25.1 Å². The van der Waals surface area contributed by atoms with Gasteiger partial charge in [-0.3, -0.25) is 4.79 Å². The number of carbonyl (C=O) groups excluding carboxylic acids is 1. The fraction of sp³-hybridized carbons (Fsp3) is 0.263. The smallest absolute Gasteiger partial charge is 0.254 e. The van der Waals surface area contributed by atoms with Crippen LogP contribution in [0.2, 0.25) is 0 Å². The molecular formula is C19H20FN5O. The minimum Gasteiger partial charge on any atom is -0.335 e. The van der Waals surface area contributed by atoms with Crippen molar-refractivity contribution in [3.63, 3.8) is 0 Å². The molecule has 0 aliphatic heterocycles. The Morgan fingerprint density at radius 1 is 1.15 bits per heavy atom. The van der Waals surface area contributed by atoms with Gasteiger partial charge in [-0.1, -0.05) is 19.1 Å². The third-order valence-electron chi connectivity index (χ3n) is 4.41. The predicted octanol–water partition coefficient (Wildman–Crippen LogP) is 3.33. The molecule has 1 atom stereocenters. The van der Waals surface area contributed by atoms with E-state index in [2.05, 4.69) is 15.5 Å². The summed E-state index contributed by atoms with van der Waals surface area (Å²) in [5.41, 5.74) is 2.27. The van der Waals surface area contributed by atoms with Gasteiger partial charge in [0.1, 0.15) is 5.82 Å². The summed E-state index contributed by atoms with van der Waals surface area (Å²) in [7, 11) is 1.76. The SMILES string of the molecule is CCC(c1ccc(F)cc1)N(C)C(=O)c1ccc(-n2nnnc2C)cc1. The van der Waals surface area contributed by atoms with Gasteiger partial charge in [-0.05, 0) is 65.7 Å². The summed E-state index contributed by atoms with van der Waals surface area (Å²) in [4.78, 5) is 14.5. The van der Waals surface area contributed by atoms with Crippen molar-refractivity contribution in [3.8, 4) is 5.69 Å². The minimum atomic E-state index is -0.286. The first kappa shape index (κ1) is 17.7. The van der Waals surface area contributed by atoms with E-state index < -0.39 is 0 Å². The third kappa shape index (κ3) is 3.46. The van der Waals surface area contributed by atoms with Crippen LogP contribution in [-0.2, 0) is 0 Å². The van der Waals surface area contributed by atoms with Gasteiger partial charge in [-0.2, -0.15) is 4.68 Å². The van der Waals surface area contributed by atoms with Crippen LogP contribution in [0.15, 0.2) is 48.5 Å². The Hall–Kier alpha value is -3.09. The molecule has 134 valence electrons. The van der Waals surface area contributed by atoms with Gasteiger partial charge in [0.2, 0.25) is 0 Å². The lowest BCUT2D eigenvalue weighted by Gasteiger charge is -2.28. The van der Waals surface area contributed by atoms with Gasteiger partial charge in [-0.15, -0.1) is 5.10 Å². The zero-order valence-corrected chi connectivity index (χ0v) is 14.9. The first-order chi connectivity index (χ1) is 12.5. The Bertz CT molecular complexity index is 889. The van der Waals surface area contributed by atoms with E-state index in [4.69, 9.17) is 0 Å². The lowest BCUT2D eigenvalue weighted by molar-refractivity contribution is 0.0726. The Balaban J connectivity index is 1.81. The molecule has 0 fully saturated rings. The van der Waals surface area contributed by atoms with E-state index in [1.165, 1.54) is 12.1 Å². The molecule has 0 radical (unpaired) electrons. The lowest BCUT2D eigenvalue weighted by Crippen LogP contribution is -2.31. The Kier molecular flexibility index (Phi) is 5.06. The van der Waals surface area contributed by atoms with Gasteiger partial charge in [0.05, 0.1) is 11.7 Å². The summed E-state index contributed by atoms with van der Waals surface area (Å²) in [5, 5.41) is 11.4. The first-order valence-electron chi connectivity index (χ1n) is 8.39. The predicted molar refractivity (Wildman–Crippen MR) is 95.4 cm³/mol. The van der Waals surface area contributed by atoms with E-state index in [0.29, 0.717) is 11.4 Å². The number of aromatic nitrogens is 4. The number of aryl methyl sites for hydroxylation is 1. The summed E-state index contributed by atoms with van der Waals surface area (Å²) >= 11 is 0. The van der Waals surface area contributed by atoms with Crippen molar-refractivity contribution >= 4 is 5.91 Å². The maximum absolute atomic E-state index is 13.2. The second kappa shape index (κ2) is 7.43. The number of halogens is 1. The molecule has 2 aromatic carbocycles. The zero-order valence-electron chi connectivity index (χ0n) is 14.9. The third-order valence-corrected chi connectivity index (χ3v) is 4.41. The number of carbonyl (C=O) groups is 1. The van der Waals surface area contributed by atoms with Crippen LogP contribution in [0.4, 0.5) is 4.39 Å². The van der Waals surface area contributed by atoms with Crippen LogP contribution in [-0.4, -0.2) is 38.1 Å². The van der Waals surface area contributed by atoms with Gasteiger partial charge in [0.25, 0.3) is 5.91 Å². The van der Waals surface area contributed by atoms with E-state index in [0.717, 1.165) is 17.7 Å². The molecule has 0 spiro atoms. The number of tetrazole rings is 1. The monoisotopic (exact) mass is 353 g/mol. The Morgan fingerprint density at radius 2 is 1.81 bits per heavy atom. The van der Waals surface area contributed by atoms with E-state index in [1.54, 1.807) is 47.8 Å². The number of nitrogens with zero attached hydrogens (tertiary/aromatic N) is 5. The summed E-state index contributed by atoms with van der Waals surface area (Å²) in [6.07, 6.45) is 0.732. The zero-order chi connectivity index (χ0) is 18.7. The van der Waals surface area contributed by atoms with Crippen LogP contribution in [0.25, 0.3) is 5.69 Å². The second-order valence-corrected chi connectivity index (χ2v) is 6.08. The maximum Gasteiger partial charge on any atom is 0.254 e. The summed E-state index contributed by atoms with van der Waals surface area (Å²) in [5.74, 6) is 0.288. The maximum atomic E-state index is 13.2. The molecule has 1 aromatic heterocycles. The highest BCUT2D eigenvalue weighted by Gasteiger charge is 2.21. The van der Waals surface area contributed by atoms with Crippen molar-refractivity contribution in [2.75, 3.05) is 7.05 Å². The van der Waals surface area contributed by atoms with Gasteiger partial charge in [-0.25, -0.2) is 4.39 Å². The highest BCUT2D eigenvalue weighted by atomic mass is 19.1. The summed E-state index contributed by atoms with van der Waals surface area (Å²) < 4.78 is 14.8. The number of rotatable bonds is 5. The van der Waals surface area contributed by atoms with Crippen LogP contribution >= 0.6 is 0 Å². The van der Waals surface area contributed by atoms with Crippen LogP contribution < -0.4 is 0 Å². The molecule has 0 bridgehead atoms. The number of benzene rings is 2. The molecule has 26 heavy (non-hydrogen) atoms.